The van der Waals surface area contributed by atoms with Crippen LogP contribution < -0.4 is 10.1 Å². The summed E-state index contributed by atoms with van der Waals surface area (Å²) < 4.78 is 10.7. The van der Waals surface area contributed by atoms with Gasteiger partial charge in [-0.05, 0) is 60.2 Å². The minimum Gasteiger partial charge on any atom is -0.489 e. The lowest BCUT2D eigenvalue weighted by Crippen LogP contribution is -2.19. The summed E-state index contributed by atoms with van der Waals surface area (Å²) in [7, 11) is 1.32. The van der Waals surface area contributed by atoms with Crippen LogP contribution >= 0.6 is 11.8 Å². The van der Waals surface area contributed by atoms with Crippen molar-refractivity contribution in [1.82, 2.24) is 5.32 Å². The third kappa shape index (κ3) is 5.70. The van der Waals surface area contributed by atoms with Crippen LogP contribution in [0, 0.1) is 6.92 Å². The molecule has 1 fully saturated rings. The van der Waals surface area contributed by atoms with Gasteiger partial charge in [0, 0.05) is 0 Å². The number of carbonyl (C=O) groups excluding carboxylic acids is 2. The van der Waals surface area contributed by atoms with Gasteiger partial charge >= 0.3 is 5.97 Å². The Balaban J connectivity index is 1.48. The molecule has 4 rings (SSSR count). The molecule has 0 radical (unpaired) electrons. The lowest BCUT2D eigenvalue weighted by atomic mass is 10.1. The van der Waals surface area contributed by atoms with Crippen molar-refractivity contribution in [2.45, 2.75) is 13.5 Å². The highest BCUT2D eigenvalue weighted by Gasteiger charge is 2.24. The molecule has 1 aliphatic rings. The number of hydrogen-bond acceptors (Lipinski definition) is 6. The topological polar surface area (TPSA) is 77.0 Å². The summed E-state index contributed by atoms with van der Waals surface area (Å²) in [5.41, 5.74) is 3.89. The molecule has 0 aliphatic carbocycles. The van der Waals surface area contributed by atoms with E-state index in [-0.39, 0.29) is 5.91 Å². The van der Waals surface area contributed by atoms with Crippen molar-refractivity contribution < 1.29 is 19.1 Å². The Kier molecular flexibility index (Phi) is 6.90. The molecule has 1 saturated heterocycles. The zero-order valence-corrected chi connectivity index (χ0v) is 19.0. The first kappa shape index (κ1) is 22.4. The predicted molar refractivity (Wildman–Crippen MR) is 131 cm³/mol. The van der Waals surface area contributed by atoms with Crippen molar-refractivity contribution in [3.05, 3.63) is 100.0 Å². The van der Waals surface area contributed by atoms with E-state index < -0.39 is 5.97 Å². The molecule has 0 spiro atoms. The predicted octanol–water partition coefficient (Wildman–Crippen LogP) is 5.25. The van der Waals surface area contributed by atoms with Gasteiger partial charge in [-0.25, -0.2) is 9.79 Å². The number of nitrogens with zero attached hydrogens (tertiary/aromatic N) is 1. The van der Waals surface area contributed by atoms with Crippen molar-refractivity contribution >= 4 is 40.6 Å². The summed E-state index contributed by atoms with van der Waals surface area (Å²) in [6.07, 6.45) is 1.79. The molecule has 0 bridgehead atoms. The Hall–Kier alpha value is -3.84. The second kappa shape index (κ2) is 10.2. The maximum atomic E-state index is 12.5. The van der Waals surface area contributed by atoms with Crippen LogP contribution in [0.4, 0.5) is 5.69 Å². The fourth-order valence-corrected chi connectivity index (χ4v) is 3.97. The summed E-state index contributed by atoms with van der Waals surface area (Å²) in [5.74, 6) is -0.0167. The number of nitrogens with one attached hydrogen (secondary N) is 1. The Morgan fingerprint density at radius 1 is 1.06 bits per heavy atom. The zero-order valence-electron chi connectivity index (χ0n) is 18.2. The molecule has 1 heterocycles. The van der Waals surface area contributed by atoms with Crippen molar-refractivity contribution in [2.24, 2.45) is 4.99 Å². The molecule has 1 aliphatic heterocycles. The second-order valence-corrected chi connectivity index (χ2v) is 8.37. The number of para-hydroxylation sites is 1. The highest BCUT2D eigenvalue weighted by molar-refractivity contribution is 8.18. The fourth-order valence-electron chi connectivity index (χ4n) is 3.14. The van der Waals surface area contributed by atoms with Gasteiger partial charge in [0.05, 0.1) is 23.3 Å². The zero-order chi connectivity index (χ0) is 23.2. The highest BCUT2D eigenvalue weighted by atomic mass is 32.2. The third-order valence-electron chi connectivity index (χ3n) is 4.86. The fraction of sp³-hybridized carbons (Fsp3) is 0.115. The van der Waals surface area contributed by atoms with E-state index in [0.717, 1.165) is 11.1 Å². The molecular weight excluding hydrogens is 436 g/mol. The van der Waals surface area contributed by atoms with Crippen LogP contribution in [0.2, 0.25) is 0 Å². The first-order chi connectivity index (χ1) is 16.0. The number of rotatable bonds is 6. The molecule has 6 nitrogen and oxygen atoms in total. The van der Waals surface area contributed by atoms with Crippen molar-refractivity contribution in [3.63, 3.8) is 0 Å². The van der Waals surface area contributed by atoms with Gasteiger partial charge in [-0.3, -0.25) is 4.79 Å². The number of carbonyl (C=O) groups is 2. The maximum Gasteiger partial charge on any atom is 0.340 e. The number of esters is 1. The first-order valence-corrected chi connectivity index (χ1v) is 11.1. The van der Waals surface area contributed by atoms with Gasteiger partial charge in [0.25, 0.3) is 5.91 Å². The van der Waals surface area contributed by atoms with E-state index in [2.05, 4.69) is 22.4 Å². The lowest BCUT2D eigenvalue weighted by Gasteiger charge is -2.07. The Morgan fingerprint density at radius 3 is 2.64 bits per heavy atom. The molecule has 3 aromatic carbocycles. The molecular formula is C26H22N2O4S. The monoisotopic (exact) mass is 458 g/mol. The van der Waals surface area contributed by atoms with Gasteiger partial charge < -0.3 is 14.8 Å². The smallest absolute Gasteiger partial charge is 0.340 e. The second-order valence-electron chi connectivity index (χ2n) is 7.34. The average molecular weight is 459 g/mol. The van der Waals surface area contributed by atoms with Crippen molar-refractivity contribution in [1.29, 1.82) is 0 Å². The van der Waals surface area contributed by atoms with Crippen LogP contribution in [0.1, 0.15) is 27.0 Å². The van der Waals surface area contributed by atoms with Crippen LogP contribution in [0.5, 0.6) is 5.75 Å². The molecule has 33 heavy (non-hydrogen) atoms. The SMILES string of the molecule is COC(=O)c1ccccc1N=C1NC(=O)/C(=C/c2cccc(OCc3ccc(C)cc3)c2)S1. The van der Waals surface area contributed by atoms with E-state index in [1.54, 1.807) is 30.3 Å². The van der Waals surface area contributed by atoms with Gasteiger partial charge in [0.2, 0.25) is 0 Å². The first-order valence-electron chi connectivity index (χ1n) is 10.3. The van der Waals surface area contributed by atoms with E-state index in [9.17, 15) is 9.59 Å². The summed E-state index contributed by atoms with van der Waals surface area (Å²) in [5, 5.41) is 3.14. The molecule has 166 valence electrons. The minimum atomic E-state index is -0.484. The average Bonchev–Trinajstić information content (AvgIpc) is 3.17. The lowest BCUT2D eigenvalue weighted by molar-refractivity contribution is -0.115. The number of amides is 1. The van der Waals surface area contributed by atoms with Gasteiger partial charge in [-0.15, -0.1) is 0 Å². The number of benzene rings is 3. The van der Waals surface area contributed by atoms with E-state index in [0.29, 0.717) is 33.7 Å². The number of methoxy groups -OCH3 is 1. The van der Waals surface area contributed by atoms with Crippen LogP contribution in [0.25, 0.3) is 6.08 Å². The quantitative estimate of drug-likeness (QED) is 0.403. The van der Waals surface area contributed by atoms with Crippen molar-refractivity contribution in [3.8, 4) is 5.75 Å². The molecule has 1 N–H and O–H groups in total. The number of aliphatic imine (C=N–C) groups is 1. The van der Waals surface area contributed by atoms with Gasteiger partial charge in [0.1, 0.15) is 12.4 Å². The molecule has 3 aromatic rings. The largest absolute Gasteiger partial charge is 0.489 e. The van der Waals surface area contributed by atoms with E-state index >= 15 is 0 Å². The van der Waals surface area contributed by atoms with Crippen molar-refractivity contribution in [2.75, 3.05) is 7.11 Å². The summed E-state index contributed by atoms with van der Waals surface area (Å²) >= 11 is 1.21. The molecule has 0 unspecified atom stereocenters. The summed E-state index contributed by atoms with van der Waals surface area (Å²) in [4.78, 5) is 29.4. The molecule has 0 saturated carbocycles. The van der Waals surface area contributed by atoms with Crippen LogP contribution in [0.3, 0.4) is 0 Å². The van der Waals surface area contributed by atoms with E-state index in [1.165, 1.54) is 24.4 Å². The summed E-state index contributed by atoms with van der Waals surface area (Å²) in [6, 6.07) is 22.6. The number of aryl methyl sites for hydroxylation is 1. The standard InChI is InChI=1S/C26H22N2O4S/c1-17-10-12-18(13-11-17)16-32-20-7-5-6-19(14-20)15-23-24(29)28-26(33-23)27-22-9-4-3-8-21(22)25(30)31-2/h3-15H,16H2,1-2H3,(H,27,28,29)/b23-15-. The van der Waals surface area contributed by atoms with Crippen LogP contribution in [-0.2, 0) is 16.1 Å². The third-order valence-corrected chi connectivity index (χ3v) is 5.77. The number of hydrogen-bond donors (Lipinski definition) is 1. The van der Waals surface area contributed by atoms with Crippen LogP contribution in [0.15, 0.2) is 82.7 Å². The number of amidine groups is 1. The Labute approximate surface area is 196 Å². The normalized spacial score (nSPS) is 15.5. The minimum absolute atomic E-state index is 0.250. The van der Waals surface area contributed by atoms with Crippen LogP contribution in [-0.4, -0.2) is 24.2 Å². The molecule has 1 amide bonds. The molecule has 0 atom stereocenters. The Morgan fingerprint density at radius 2 is 1.85 bits per heavy atom. The van der Waals surface area contributed by atoms with Gasteiger partial charge in [-0.1, -0.05) is 54.1 Å². The molecule has 7 heteroatoms. The summed E-state index contributed by atoms with van der Waals surface area (Å²) in [6.45, 7) is 2.51. The number of ether oxygens (including phenoxy) is 2. The Bertz CT molecular complexity index is 1250. The molecule has 0 aromatic heterocycles. The highest BCUT2D eigenvalue weighted by Crippen LogP contribution is 2.30. The number of thioether (sulfide) groups is 1. The van der Waals surface area contributed by atoms with Gasteiger partial charge in [0.15, 0.2) is 5.17 Å². The van der Waals surface area contributed by atoms with E-state index in [4.69, 9.17) is 9.47 Å². The van der Waals surface area contributed by atoms with Gasteiger partial charge in [-0.2, -0.15) is 0 Å². The maximum absolute atomic E-state index is 12.5. The van der Waals surface area contributed by atoms with E-state index in [1.807, 2.05) is 43.3 Å².